The third-order valence-corrected chi connectivity index (χ3v) is 3.87. The normalized spacial score (nSPS) is 13.9. The maximum atomic E-state index is 12.8. The van der Waals surface area contributed by atoms with Gasteiger partial charge in [0, 0.05) is 12.7 Å². The van der Waals surface area contributed by atoms with Gasteiger partial charge in [-0.15, -0.1) is 0 Å². The summed E-state index contributed by atoms with van der Waals surface area (Å²) < 4.78 is 38.5. The Kier molecular flexibility index (Phi) is 6.84. The van der Waals surface area contributed by atoms with Crippen LogP contribution in [0.15, 0.2) is 18.2 Å². The Morgan fingerprint density at radius 3 is 2.44 bits per heavy atom. The molecule has 0 aromatic heterocycles. The Bertz CT molecular complexity index is 648. The van der Waals surface area contributed by atoms with E-state index in [1.54, 1.807) is 6.92 Å². The minimum absolute atomic E-state index is 0.0633. The van der Waals surface area contributed by atoms with E-state index < -0.39 is 34.1 Å². The van der Waals surface area contributed by atoms with E-state index >= 15 is 0 Å². The Hall–Kier alpha value is -1.80. The average molecular weight is 380 g/mol. The first-order valence-corrected chi connectivity index (χ1v) is 7.97. The average Bonchev–Trinajstić information content (AvgIpc) is 2.47. The Balaban J connectivity index is 2.79. The number of alkyl halides is 3. The van der Waals surface area contributed by atoms with Crippen LogP contribution < -0.4 is 11.1 Å². The number of hydrogen-bond donors (Lipinski definition) is 2. The van der Waals surface area contributed by atoms with Gasteiger partial charge in [0.05, 0.1) is 22.7 Å². The molecule has 0 saturated carbocycles. The van der Waals surface area contributed by atoms with Gasteiger partial charge in [-0.3, -0.25) is 9.59 Å². The maximum absolute atomic E-state index is 12.8. The van der Waals surface area contributed by atoms with Crippen LogP contribution in [0.3, 0.4) is 0 Å². The molecule has 1 atom stereocenters. The minimum Gasteiger partial charge on any atom is -0.335 e. The predicted octanol–water partition coefficient (Wildman–Crippen LogP) is 3.27. The van der Waals surface area contributed by atoms with Crippen molar-refractivity contribution in [2.75, 3.05) is 18.9 Å². The zero-order valence-corrected chi connectivity index (χ0v) is 15.0. The van der Waals surface area contributed by atoms with Crippen LogP contribution in [0, 0.1) is 0 Å². The van der Waals surface area contributed by atoms with Crippen molar-refractivity contribution in [3.05, 3.63) is 28.8 Å². The number of carbonyl (C=O) groups is 2. The van der Waals surface area contributed by atoms with Crippen molar-refractivity contribution >= 4 is 29.1 Å². The number of hydrogen-bond acceptors (Lipinski definition) is 3. The second kappa shape index (κ2) is 8.05. The predicted molar refractivity (Wildman–Crippen MR) is 90.2 cm³/mol. The first-order valence-electron chi connectivity index (χ1n) is 7.59. The van der Waals surface area contributed by atoms with Gasteiger partial charge >= 0.3 is 6.18 Å². The molecule has 9 heteroatoms. The highest BCUT2D eigenvalue weighted by Gasteiger charge is 2.34. The summed E-state index contributed by atoms with van der Waals surface area (Å²) in [5.74, 6) is -1.06. The van der Waals surface area contributed by atoms with Crippen molar-refractivity contribution in [2.45, 2.75) is 38.4 Å². The van der Waals surface area contributed by atoms with Gasteiger partial charge in [0.15, 0.2) is 0 Å². The molecule has 2 amide bonds. The fourth-order valence-corrected chi connectivity index (χ4v) is 2.59. The smallest absolute Gasteiger partial charge is 0.335 e. The Morgan fingerprint density at radius 2 is 1.92 bits per heavy atom. The number of benzene rings is 1. The molecule has 0 fully saturated rings. The van der Waals surface area contributed by atoms with Crippen LogP contribution in [0.4, 0.5) is 18.9 Å². The van der Waals surface area contributed by atoms with Crippen molar-refractivity contribution in [1.82, 2.24) is 4.90 Å². The Labute approximate surface area is 149 Å². The quantitative estimate of drug-likeness (QED) is 0.796. The molecule has 0 heterocycles. The molecule has 0 saturated heterocycles. The monoisotopic (exact) mass is 379 g/mol. The lowest BCUT2D eigenvalue weighted by atomic mass is 9.96. The first-order chi connectivity index (χ1) is 11.4. The van der Waals surface area contributed by atoms with Crippen LogP contribution in [-0.4, -0.2) is 35.8 Å². The molecular formula is C16H21ClF3N3O2. The molecular weight excluding hydrogens is 359 g/mol. The number of amides is 2. The molecule has 25 heavy (non-hydrogen) atoms. The highest BCUT2D eigenvalue weighted by Crippen LogP contribution is 2.36. The maximum Gasteiger partial charge on any atom is 0.417 e. The molecule has 5 nitrogen and oxygen atoms in total. The summed E-state index contributed by atoms with van der Waals surface area (Å²) in [6.45, 7) is 3.12. The molecule has 140 valence electrons. The van der Waals surface area contributed by atoms with Crippen LogP contribution >= 0.6 is 11.6 Å². The van der Waals surface area contributed by atoms with E-state index in [1.165, 1.54) is 13.1 Å². The lowest BCUT2D eigenvalue weighted by Crippen LogP contribution is -2.53. The van der Waals surface area contributed by atoms with Gasteiger partial charge in [0.25, 0.3) is 0 Å². The number of carbonyl (C=O) groups excluding carboxylic acids is 2. The van der Waals surface area contributed by atoms with E-state index in [0.717, 1.165) is 17.0 Å². The molecule has 0 aliphatic heterocycles. The van der Waals surface area contributed by atoms with E-state index in [9.17, 15) is 22.8 Å². The number of nitrogens with one attached hydrogen (secondary N) is 1. The van der Waals surface area contributed by atoms with Crippen molar-refractivity contribution < 1.29 is 22.8 Å². The molecule has 1 aromatic rings. The Morgan fingerprint density at radius 1 is 1.32 bits per heavy atom. The van der Waals surface area contributed by atoms with Gasteiger partial charge in [0.1, 0.15) is 0 Å². The fraction of sp³-hybridized carbons (Fsp3) is 0.500. The number of halogens is 4. The van der Waals surface area contributed by atoms with Gasteiger partial charge in [-0.05, 0) is 31.5 Å². The summed E-state index contributed by atoms with van der Waals surface area (Å²) in [5.41, 5.74) is 3.71. The van der Waals surface area contributed by atoms with Crippen molar-refractivity contribution in [3.63, 3.8) is 0 Å². The minimum atomic E-state index is -4.63. The lowest BCUT2D eigenvalue weighted by molar-refractivity contribution is -0.138. The van der Waals surface area contributed by atoms with E-state index in [4.69, 9.17) is 17.3 Å². The topological polar surface area (TPSA) is 75.4 Å². The highest BCUT2D eigenvalue weighted by atomic mass is 35.5. The lowest BCUT2D eigenvalue weighted by Gasteiger charge is -2.28. The number of nitrogens with zero attached hydrogens (tertiary/aromatic N) is 1. The molecule has 1 aromatic carbocycles. The second-order valence-corrected chi connectivity index (χ2v) is 6.48. The van der Waals surface area contributed by atoms with Gasteiger partial charge < -0.3 is 16.0 Å². The molecule has 0 aliphatic carbocycles. The van der Waals surface area contributed by atoms with Crippen LogP contribution in [0.25, 0.3) is 0 Å². The van der Waals surface area contributed by atoms with Crippen LogP contribution in [0.2, 0.25) is 5.02 Å². The number of rotatable bonds is 6. The number of nitrogens with two attached hydrogens (primary N) is 1. The first kappa shape index (κ1) is 21.2. The number of anilines is 1. The standard InChI is InChI=1S/C16H21ClF3N3O2/c1-4-7-15(2,21)14(25)23(3)9-13(24)22-10-5-6-12(17)11(8-10)16(18,19)20/h5-6,8H,4,7,9,21H2,1-3H3,(H,22,24). The highest BCUT2D eigenvalue weighted by molar-refractivity contribution is 6.31. The van der Waals surface area contributed by atoms with Gasteiger partial charge in [-0.25, -0.2) is 0 Å². The summed E-state index contributed by atoms with van der Waals surface area (Å²) in [7, 11) is 1.41. The SMILES string of the molecule is CCCC(C)(N)C(=O)N(C)CC(=O)Nc1ccc(Cl)c(C(F)(F)F)c1. The van der Waals surface area contributed by atoms with Crippen molar-refractivity contribution in [2.24, 2.45) is 5.73 Å². The molecule has 1 rings (SSSR count). The summed E-state index contributed by atoms with van der Waals surface area (Å²) in [6, 6.07) is 3.04. The van der Waals surface area contributed by atoms with Crippen LogP contribution in [0.5, 0.6) is 0 Å². The summed E-state index contributed by atoms with van der Waals surface area (Å²) >= 11 is 5.52. The molecule has 0 bridgehead atoms. The third-order valence-electron chi connectivity index (χ3n) is 3.54. The van der Waals surface area contributed by atoms with Crippen molar-refractivity contribution in [1.29, 1.82) is 0 Å². The number of likely N-dealkylation sites (N-methyl/N-ethyl adjacent to an activating group) is 1. The summed E-state index contributed by atoms with van der Waals surface area (Å²) in [4.78, 5) is 25.4. The molecule has 1 unspecified atom stereocenters. The summed E-state index contributed by atoms with van der Waals surface area (Å²) in [5, 5.41) is 1.86. The largest absolute Gasteiger partial charge is 0.417 e. The third kappa shape index (κ3) is 5.89. The van der Waals surface area contributed by atoms with E-state index in [1.807, 2.05) is 6.92 Å². The zero-order chi connectivity index (χ0) is 19.4. The van der Waals surface area contributed by atoms with Gasteiger partial charge in [-0.2, -0.15) is 13.2 Å². The van der Waals surface area contributed by atoms with E-state index in [-0.39, 0.29) is 12.2 Å². The van der Waals surface area contributed by atoms with E-state index in [0.29, 0.717) is 12.8 Å². The molecule has 3 N–H and O–H groups in total. The summed E-state index contributed by atoms with van der Waals surface area (Å²) in [6.07, 6.45) is -3.49. The van der Waals surface area contributed by atoms with Gasteiger partial charge in [-0.1, -0.05) is 24.9 Å². The van der Waals surface area contributed by atoms with Gasteiger partial charge in [0.2, 0.25) is 11.8 Å². The fourth-order valence-electron chi connectivity index (χ4n) is 2.37. The van der Waals surface area contributed by atoms with E-state index in [2.05, 4.69) is 5.32 Å². The second-order valence-electron chi connectivity index (χ2n) is 6.07. The van der Waals surface area contributed by atoms with Crippen molar-refractivity contribution in [3.8, 4) is 0 Å². The van der Waals surface area contributed by atoms with Crippen LogP contribution in [-0.2, 0) is 15.8 Å². The zero-order valence-electron chi connectivity index (χ0n) is 14.2. The molecule has 0 spiro atoms. The molecule has 0 aliphatic rings. The van der Waals surface area contributed by atoms with Crippen LogP contribution in [0.1, 0.15) is 32.3 Å². The molecule has 0 radical (unpaired) electrons.